The molecule has 0 bridgehead atoms. The summed E-state index contributed by atoms with van der Waals surface area (Å²) in [4.78, 5) is 16.9. The molecule has 2 aliphatic rings. The molecule has 2 aliphatic heterocycles. The SMILES string of the molecule is COc1cccc(CNC2CCN(c3ccc(C(=O)N4CCCC(O)C4)cc3)CC2)c1OC. The summed E-state index contributed by atoms with van der Waals surface area (Å²) in [5, 5.41) is 13.5. The van der Waals surface area contributed by atoms with Crippen LogP contribution in [0.2, 0.25) is 0 Å². The minimum atomic E-state index is -0.401. The van der Waals surface area contributed by atoms with Crippen molar-refractivity contribution in [1.82, 2.24) is 10.2 Å². The second kappa shape index (κ2) is 10.9. The molecule has 7 nitrogen and oxygen atoms in total. The molecule has 2 saturated heterocycles. The molecule has 2 N–H and O–H groups in total. The topological polar surface area (TPSA) is 74.3 Å². The average molecular weight is 454 g/mol. The summed E-state index contributed by atoms with van der Waals surface area (Å²) in [7, 11) is 3.33. The fraction of sp³-hybridized carbons (Fsp3) is 0.500. The van der Waals surface area contributed by atoms with Crippen molar-refractivity contribution < 1.29 is 19.4 Å². The Balaban J connectivity index is 1.28. The van der Waals surface area contributed by atoms with Crippen LogP contribution < -0.4 is 19.7 Å². The molecule has 0 aromatic heterocycles. The van der Waals surface area contributed by atoms with Crippen LogP contribution in [-0.4, -0.2) is 68.5 Å². The van der Waals surface area contributed by atoms with Gasteiger partial charge in [-0.05, 0) is 56.0 Å². The minimum absolute atomic E-state index is 0.0104. The van der Waals surface area contributed by atoms with Crippen LogP contribution in [0.25, 0.3) is 0 Å². The number of aliphatic hydroxyl groups is 1. The van der Waals surface area contributed by atoms with E-state index < -0.39 is 6.10 Å². The molecule has 7 heteroatoms. The van der Waals surface area contributed by atoms with Gasteiger partial charge in [0.1, 0.15) is 0 Å². The maximum atomic E-state index is 12.7. The van der Waals surface area contributed by atoms with Crippen molar-refractivity contribution in [3.05, 3.63) is 53.6 Å². The lowest BCUT2D eigenvalue weighted by molar-refractivity contribution is 0.0474. The molecule has 0 radical (unpaired) electrons. The summed E-state index contributed by atoms with van der Waals surface area (Å²) < 4.78 is 10.9. The molecule has 0 spiro atoms. The maximum Gasteiger partial charge on any atom is 0.253 e. The minimum Gasteiger partial charge on any atom is -0.493 e. The van der Waals surface area contributed by atoms with Gasteiger partial charge in [-0.15, -0.1) is 0 Å². The predicted octanol–water partition coefficient (Wildman–Crippen LogP) is 3.06. The summed E-state index contributed by atoms with van der Waals surface area (Å²) in [6.07, 6.45) is 3.35. The third-order valence-corrected chi connectivity index (χ3v) is 6.72. The van der Waals surface area contributed by atoms with Crippen molar-refractivity contribution in [2.45, 2.75) is 44.4 Å². The van der Waals surface area contributed by atoms with Crippen molar-refractivity contribution >= 4 is 11.6 Å². The summed E-state index contributed by atoms with van der Waals surface area (Å²) in [6.45, 7) is 3.84. The van der Waals surface area contributed by atoms with E-state index >= 15 is 0 Å². The number of carbonyl (C=O) groups excluding carboxylic acids is 1. The first-order valence-corrected chi connectivity index (χ1v) is 11.8. The third kappa shape index (κ3) is 5.60. The molecule has 0 saturated carbocycles. The molecule has 33 heavy (non-hydrogen) atoms. The number of piperidine rings is 2. The summed E-state index contributed by atoms with van der Waals surface area (Å²) in [5.41, 5.74) is 2.94. The lowest BCUT2D eigenvalue weighted by Crippen LogP contribution is -2.42. The fourth-order valence-corrected chi connectivity index (χ4v) is 4.83. The standard InChI is InChI=1S/C26H35N3O4/c1-32-24-7-3-5-20(25(24)33-2)17-27-21-12-15-28(16-13-21)22-10-8-19(9-11-22)26(31)29-14-4-6-23(30)18-29/h3,5,7-11,21,23,27,30H,4,6,12-18H2,1-2H3. The number of ether oxygens (including phenoxy) is 2. The van der Waals surface area contributed by atoms with Crippen LogP contribution in [0.4, 0.5) is 5.69 Å². The van der Waals surface area contributed by atoms with E-state index in [9.17, 15) is 9.90 Å². The highest BCUT2D eigenvalue weighted by atomic mass is 16.5. The highest BCUT2D eigenvalue weighted by Gasteiger charge is 2.24. The van der Waals surface area contributed by atoms with Crippen LogP contribution in [0.15, 0.2) is 42.5 Å². The number of amides is 1. The molecule has 2 fully saturated rings. The number of aliphatic hydroxyl groups excluding tert-OH is 1. The normalized spacial score (nSPS) is 19.4. The molecule has 1 unspecified atom stereocenters. The number of likely N-dealkylation sites (tertiary alicyclic amines) is 1. The van der Waals surface area contributed by atoms with E-state index in [1.165, 1.54) is 0 Å². The number of anilines is 1. The Hall–Kier alpha value is -2.77. The van der Waals surface area contributed by atoms with Crippen LogP contribution in [0.1, 0.15) is 41.6 Å². The number of β-amino-alcohol motifs (C(OH)–C–C–N with tert-alkyl or cyclic N) is 1. The summed E-state index contributed by atoms with van der Waals surface area (Å²) in [6, 6.07) is 14.3. The van der Waals surface area contributed by atoms with Gasteiger partial charge in [0.05, 0.1) is 20.3 Å². The van der Waals surface area contributed by atoms with Crippen LogP contribution in [0, 0.1) is 0 Å². The molecule has 2 aromatic rings. The van der Waals surface area contributed by atoms with Gasteiger partial charge in [0.15, 0.2) is 11.5 Å². The maximum absolute atomic E-state index is 12.7. The first-order chi connectivity index (χ1) is 16.1. The Morgan fingerprint density at radius 2 is 1.79 bits per heavy atom. The van der Waals surface area contributed by atoms with Crippen LogP contribution in [0.3, 0.4) is 0 Å². The molecule has 4 rings (SSSR count). The summed E-state index contributed by atoms with van der Waals surface area (Å²) in [5.74, 6) is 1.56. The predicted molar refractivity (Wildman–Crippen MR) is 129 cm³/mol. The van der Waals surface area contributed by atoms with Crippen molar-refractivity contribution in [3.8, 4) is 11.5 Å². The van der Waals surface area contributed by atoms with Gasteiger partial charge < -0.3 is 29.7 Å². The molecular formula is C26H35N3O4. The Morgan fingerprint density at radius 3 is 2.45 bits per heavy atom. The molecular weight excluding hydrogens is 418 g/mol. The Morgan fingerprint density at radius 1 is 1.03 bits per heavy atom. The monoisotopic (exact) mass is 453 g/mol. The first kappa shape index (κ1) is 23.4. The smallest absolute Gasteiger partial charge is 0.253 e. The highest BCUT2D eigenvalue weighted by molar-refractivity contribution is 5.94. The van der Waals surface area contributed by atoms with Gasteiger partial charge in [0.25, 0.3) is 5.91 Å². The number of hydrogen-bond donors (Lipinski definition) is 2. The van der Waals surface area contributed by atoms with E-state index in [0.29, 0.717) is 18.2 Å². The number of hydrogen-bond acceptors (Lipinski definition) is 6. The van der Waals surface area contributed by atoms with Gasteiger partial charge in [-0.2, -0.15) is 0 Å². The number of methoxy groups -OCH3 is 2. The van der Waals surface area contributed by atoms with E-state index in [2.05, 4.69) is 16.3 Å². The Kier molecular flexibility index (Phi) is 7.73. The highest BCUT2D eigenvalue weighted by Crippen LogP contribution is 2.31. The number of benzene rings is 2. The number of nitrogens with one attached hydrogen (secondary N) is 1. The van der Waals surface area contributed by atoms with Gasteiger partial charge in [-0.3, -0.25) is 4.79 Å². The zero-order chi connectivity index (χ0) is 23.2. The molecule has 1 amide bonds. The molecule has 2 heterocycles. The van der Waals surface area contributed by atoms with Crippen LogP contribution in [0.5, 0.6) is 11.5 Å². The second-order valence-corrected chi connectivity index (χ2v) is 8.89. The lowest BCUT2D eigenvalue weighted by atomic mass is 10.0. The van der Waals surface area contributed by atoms with Gasteiger partial charge in [0.2, 0.25) is 0 Å². The quantitative estimate of drug-likeness (QED) is 0.671. The van der Waals surface area contributed by atoms with Crippen molar-refractivity contribution in [3.63, 3.8) is 0 Å². The van der Waals surface area contributed by atoms with Crippen molar-refractivity contribution in [2.24, 2.45) is 0 Å². The van der Waals surface area contributed by atoms with E-state index in [-0.39, 0.29) is 5.91 Å². The van der Waals surface area contributed by atoms with Crippen LogP contribution >= 0.6 is 0 Å². The first-order valence-electron chi connectivity index (χ1n) is 11.8. The Bertz CT molecular complexity index is 926. The van der Waals surface area contributed by atoms with E-state index in [1.54, 1.807) is 19.1 Å². The molecule has 178 valence electrons. The van der Waals surface area contributed by atoms with Gasteiger partial charge in [-0.1, -0.05) is 12.1 Å². The van der Waals surface area contributed by atoms with Gasteiger partial charge in [0, 0.05) is 55.6 Å². The molecule has 0 aliphatic carbocycles. The number of nitrogens with zero attached hydrogens (tertiary/aromatic N) is 2. The van der Waals surface area contributed by atoms with Crippen LogP contribution in [-0.2, 0) is 6.54 Å². The van der Waals surface area contributed by atoms with Gasteiger partial charge >= 0.3 is 0 Å². The van der Waals surface area contributed by atoms with Gasteiger partial charge in [-0.25, -0.2) is 0 Å². The summed E-state index contributed by atoms with van der Waals surface area (Å²) >= 11 is 0. The fourth-order valence-electron chi connectivity index (χ4n) is 4.83. The molecule has 1 atom stereocenters. The largest absolute Gasteiger partial charge is 0.493 e. The molecule has 2 aromatic carbocycles. The lowest BCUT2D eigenvalue weighted by Gasteiger charge is -2.34. The Labute approximate surface area is 196 Å². The second-order valence-electron chi connectivity index (χ2n) is 8.89. The van der Waals surface area contributed by atoms with E-state index in [0.717, 1.165) is 74.6 Å². The average Bonchev–Trinajstić information content (AvgIpc) is 2.87. The zero-order valence-corrected chi connectivity index (χ0v) is 19.6. The zero-order valence-electron chi connectivity index (χ0n) is 19.6. The van der Waals surface area contributed by atoms with E-state index in [4.69, 9.17) is 9.47 Å². The number of carbonyl (C=O) groups is 1. The number of para-hydroxylation sites is 1. The van der Waals surface area contributed by atoms with Crippen molar-refractivity contribution in [1.29, 1.82) is 0 Å². The van der Waals surface area contributed by atoms with Crippen molar-refractivity contribution in [2.75, 3.05) is 45.3 Å². The number of rotatable bonds is 7. The third-order valence-electron chi connectivity index (χ3n) is 6.72. The van der Waals surface area contributed by atoms with E-state index in [1.807, 2.05) is 36.4 Å².